The molecule has 1 aromatic rings. The molecule has 0 heterocycles. The maximum absolute atomic E-state index is 10.9. The molecule has 128 valence electrons. The van der Waals surface area contributed by atoms with Crippen LogP contribution in [0.15, 0.2) is 42.5 Å². The zero-order valence-electron chi connectivity index (χ0n) is 14.9. The molecule has 0 amide bonds. The number of carbonyl (C=O) groups is 1. The van der Waals surface area contributed by atoms with Crippen molar-refractivity contribution in [3.8, 4) is 0 Å². The average molecular weight is 316 g/mol. The van der Waals surface area contributed by atoms with Crippen LogP contribution in [0.4, 0.5) is 0 Å². The van der Waals surface area contributed by atoms with E-state index in [1.54, 1.807) is 0 Å². The highest BCUT2D eigenvalue weighted by atomic mass is 16.4. The van der Waals surface area contributed by atoms with Crippen molar-refractivity contribution in [2.45, 2.75) is 59.3 Å². The molecule has 0 radical (unpaired) electrons. The number of carboxylic acid groups (broad SMARTS) is 1. The first kappa shape index (κ1) is 19.5. The number of benzene rings is 1. The molecule has 0 bridgehead atoms. The van der Waals surface area contributed by atoms with Crippen LogP contribution in [-0.2, 0) is 11.2 Å². The van der Waals surface area contributed by atoms with Gasteiger partial charge in [-0.05, 0) is 49.0 Å². The molecule has 2 nitrogen and oxygen atoms in total. The van der Waals surface area contributed by atoms with E-state index in [0.717, 1.165) is 25.7 Å². The molecular formula is C21H32O2. The topological polar surface area (TPSA) is 37.3 Å². The Morgan fingerprint density at radius 1 is 1.26 bits per heavy atom. The zero-order chi connectivity index (χ0) is 17.1. The van der Waals surface area contributed by atoms with Crippen molar-refractivity contribution in [3.05, 3.63) is 48.0 Å². The number of hydrogen-bond acceptors (Lipinski definition) is 1. The molecule has 2 heteroatoms. The minimum Gasteiger partial charge on any atom is -0.481 e. The monoisotopic (exact) mass is 316 g/mol. The summed E-state index contributed by atoms with van der Waals surface area (Å²) in [7, 11) is 0. The van der Waals surface area contributed by atoms with E-state index in [1.807, 2.05) is 13.8 Å². The fourth-order valence-corrected chi connectivity index (χ4v) is 3.26. The molecule has 1 saturated carbocycles. The van der Waals surface area contributed by atoms with E-state index in [1.165, 1.54) is 12.0 Å². The van der Waals surface area contributed by atoms with E-state index < -0.39 is 5.97 Å². The SMILES string of the molecule is CC.CC(/C=C/C1CCC[C@@H]1CC(=O)O)CCc1ccccc1. The van der Waals surface area contributed by atoms with Crippen molar-refractivity contribution >= 4 is 5.97 Å². The van der Waals surface area contributed by atoms with Crippen molar-refractivity contribution in [2.24, 2.45) is 17.8 Å². The molecular weight excluding hydrogens is 284 g/mol. The Labute approximate surface area is 141 Å². The molecule has 1 N–H and O–H groups in total. The number of carboxylic acids is 1. The summed E-state index contributed by atoms with van der Waals surface area (Å²) < 4.78 is 0. The van der Waals surface area contributed by atoms with Gasteiger partial charge in [0, 0.05) is 6.42 Å². The number of aliphatic carboxylic acids is 1. The molecule has 1 aliphatic carbocycles. The van der Waals surface area contributed by atoms with Gasteiger partial charge in [0.15, 0.2) is 0 Å². The molecule has 1 aromatic carbocycles. The molecule has 1 aliphatic rings. The number of hydrogen-bond donors (Lipinski definition) is 1. The average Bonchev–Trinajstić information content (AvgIpc) is 3.00. The Hall–Kier alpha value is -1.57. The van der Waals surface area contributed by atoms with Crippen LogP contribution < -0.4 is 0 Å². The highest BCUT2D eigenvalue weighted by Crippen LogP contribution is 2.35. The lowest BCUT2D eigenvalue weighted by Crippen LogP contribution is -2.11. The third-order valence-corrected chi connectivity index (χ3v) is 4.57. The third-order valence-electron chi connectivity index (χ3n) is 4.57. The molecule has 0 aliphatic heterocycles. The van der Waals surface area contributed by atoms with Crippen LogP contribution in [0.1, 0.15) is 58.4 Å². The van der Waals surface area contributed by atoms with Crippen molar-refractivity contribution in [2.75, 3.05) is 0 Å². The van der Waals surface area contributed by atoms with Crippen molar-refractivity contribution in [3.63, 3.8) is 0 Å². The molecule has 0 saturated heterocycles. The fraction of sp³-hybridized carbons (Fsp3) is 0.571. The molecule has 3 atom stereocenters. The molecule has 0 aromatic heterocycles. The largest absolute Gasteiger partial charge is 0.481 e. The number of rotatable bonds is 7. The van der Waals surface area contributed by atoms with Gasteiger partial charge >= 0.3 is 5.97 Å². The summed E-state index contributed by atoms with van der Waals surface area (Å²) in [6.45, 7) is 6.25. The normalized spacial score (nSPS) is 21.7. The predicted molar refractivity (Wildman–Crippen MR) is 97.5 cm³/mol. The van der Waals surface area contributed by atoms with Gasteiger partial charge in [-0.1, -0.05) is 69.7 Å². The summed E-state index contributed by atoms with van der Waals surface area (Å²) in [5, 5.41) is 8.96. The zero-order valence-corrected chi connectivity index (χ0v) is 14.9. The molecule has 2 unspecified atom stereocenters. The van der Waals surface area contributed by atoms with Crippen LogP contribution in [0.2, 0.25) is 0 Å². The van der Waals surface area contributed by atoms with Gasteiger partial charge in [0.1, 0.15) is 0 Å². The van der Waals surface area contributed by atoms with Gasteiger partial charge in [-0.2, -0.15) is 0 Å². The number of allylic oxidation sites excluding steroid dienone is 2. The minimum atomic E-state index is -0.655. The van der Waals surface area contributed by atoms with Crippen LogP contribution in [0.3, 0.4) is 0 Å². The Morgan fingerprint density at radius 3 is 2.61 bits per heavy atom. The first-order valence-electron chi connectivity index (χ1n) is 9.09. The van der Waals surface area contributed by atoms with Crippen LogP contribution >= 0.6 is 0 Å². The van der Waals surface area contributed by atoms with Gasteiger partial charge in [-0.15, -0.1) is 0 Å². The quantitative estimate of drug-likeness (QED) is 0.652. The molecule has 1 fully saturated rings. The van der Waals surface area contributed by atoms with E-state index in [2.05, 4.69) is 49.4 Å². The lowest BCUT2D eigenvalue weighted by molar-refractivity contribution is -0.138. The first-order valence-corrected chi connectivity index (χ1v) is 9.09. The lowest BCUT2D eigenvalue weighted by Gasteiger charge is -2.14. The Bertz CT molecular complexity index is 464. The highest BCUT2D eigenvalue weighted by Gasteiger charge is 2.27. The second kappa shape index (κ2) is 11.0. The maximum Gasteiger partial charge on any atom is 0.303 e. The Kier molecular flexibility index (Phi) is 9.35. The maximum atomic E-state index is 10.9. The van der Waals surface area contributed by atoms with Crippen LogP contribution in [0.5, 0.6) is 0 Å². The third kappa shape index (κ3) is 7.49. The standard InChI is InChI=1S/C19H26O2.C2H6/c1-15(10-12-16-6-3-2-4-7-16)11-13-17-8-5-9-18(17)14-19(20)21;1-2/h2-4,6-7,11,13,15,17-18H,5,8-10,12,14H2,1H3,(H,20,21);1-2H3/b13-11+;/t15?,17?,18-;/m1./s1. The van der Waals surface area contributed by atoms with E-state index >= 15 is 0 Å². The van der Waals surface area contributed by atoms with Gasteiger partial charge in [0.05, 0.1) is 0 Å². The number of aryl methyl sites for hydroxylation is 1. The molecule has 23 heavy (non-hydrogen) atoms. The second-order valence-electron chi connectivity index (χ2n) is 6.34. The lowest BCUT2D eigenvalue weighted by atomic mass is 9.91. The molecule has 2 rings (SSSR count). The second-order valence-corrected chi connectivity index (χ2v) is 6.34. The summed E-state index contributed by atoms with van der Waals surface area (Å²) >= 11 is 0. The summed E-state index contributed by atoms with van der Waals surface area (Å²) in [6, 6.07) is 10.6. The van der Waals surface area contributed by atoms with E-state index in [-0.39, 0.29) is 0 Å². The Balaban J connectivity index is 0.00000127. The van der Waals surface area contributed by atoms with Gasteiger partial charge in [0.2, 0.25) is 0 Å². The molecule has 0 spiro atoms. The summed E-state index contributed by atoms with van der Waals surface area (Å²) in [5.41, 5.74) is 1.39. The van der Waals surface area contributed by atoms with Gasteiger partial charge in [-0.3, -0.25) is 4.79 Å². The van der Waals surface area contributed by atoms with Crippen molar-refractivity contribution < 1.29 is 9.90 Å². The van der Waals surface area contributed by atoms with E-state index in [9.17, 15) is 4.79 Å². The summed E-state index contributed by atoms with van der Waals surface area (Å²) in [6.07, 6.45) is 10.6. The Morgan fingerprint density at radius 2 is 1.96 bits per heavy atom. The van der Waals surface area contributed by atoms with Crippen LogP contribution in [0, 0.1) is 17.8 Å². The predicted octanol–water partition coefficient (Wildman–Crippen LogP) is 5.73. The minimum absolute atomic E-state index is 0.327. The van der Waals surface area contributed by atoms with Gasteiger partial charge < -0.3 is 5.11 Å². The van der Waals surface area contributed by atoms with E-state index in [4.69, 9.17) is 5.11 Å². The first-order chi connectivity index (χ1) is 11.1. The summed E-state index contributed by atoms with van der Waals surface area (Å²) in [5.74, 6) is 0.717. The fourth-order valence-electron chi connectivity index (χ4n) is 3.26. The van der Waals surface area contributed by atoms with Crippen LogP contribution in [0.25, 0.3) is 0 Å². The van der Waals surface area contributed by atoms with Crippen molar-refractivity contribution in [1.82, 2.24) is 0 Å². The van der Waals surface area contributed by atoms with Crippen LogP contribution in [-0.4, -0.2) is 11.1 Å². The van der Waals surface area contributed by atoms with Gasteiger partial charge in [0.25, 0.3) is 0 Å². The van der Waals surface area contributed by atoms with E-state index in [0.29, 0.717) is 24.2 Å². The highest BCUT2D eigenvalue weighted by molar-refractivity contribution is 5.67. The van der Waals surface area contributed by atoms with Gasteiger partial charge in [-0.25, -0.2) is 0 Å². The smallest absolute Gasteiger partial charge is 0.303 e. The summed E-state index contributed by atoms with van der Waals surface area (Å²) in [4.78, 5) is 10.9. The van der Waals surface area contributed by atoms with Crippen molar-refractivity contribution in [1.29, 1.82) is 0 Å².